The van der Waals surface area contributed by atoms with Crippen molar-refractivity contribution in [2.45, 2.75) is 38.8 Å². The molecule has 1 aliphatic rings. The van der Waals surface area contributed by atoms with Crippen LogP contribution in [0.4, 0.5) is 0 Å². The van der Waals surface area contributed by atoms with Crippen LogP contribution in [0.15, 0.2) is 35.3 Å². The van der Waals surface area contributed by atoms with Crippen LogP contribution in [0.2, 0.25) is 0 Å². The van der Waals surface area contributed by atoms with E-state index in [0.717, 1.165) is 13.1 Å². The Morgan fingerprint density at radius 2 is 2.11 bits per heavy atom. The number of rotatable bonds is 4. The highest BCUT2D eigenvalue weighted by Crippen LogP contribution is 2.19. The second-order valence-electron chi connectivity index (χ2n) is 5.09. The Morgan fingerprint density at radius 1 is 1.33 bits per heavy atom. The van der Waals surface area contributed by atoms with E-state index in [0.29, 0.717) is 11.9 Å². The zero-order chi connectivity index (χ0) is 12.8. The van der Waals surface area contributed by atoms with Crippen molar-refractivity contribution < 1.29 is 0 Å². The molecule has 1 saturated heterocycles. The van der Waals surface area contributed by atoms with Crippen LogP contribution in [-0.2, 0) is 6.54 Å². The molecule has 0 bridgehead atoms. The first-order valence-corrected chi connectivity index (χ1v) is 6.80. The number of piperidine rings is 1. The molecule has 0 spiro atoms. The van der Waals surface area contributed by atoms with Gasteiger partial charge in [0, 0.05) is 12.6 Å². The van der Waals surface area contributed by atoms with Gasteiger partial charge in [-0.3, -0.25) is 9.89 Å². The van der Waals surface area contributed by atoms with Crippen LogP contribution in [0.1, 0.15) is 31.7 Å². The van der Waals surface area contributed by atoms with E-state index in [4.69, 9.17) is 5.73 Å². The number of hydrogen-bond donors (Lipinski definition) is 1. The monoisotopic (exact) mass is 245 g/mol. The van der Waals surface area contributed by atoms with Gasteiger partial charge in [-0.25, -0.2) is 0 Å². The number of amidine groups is 1. The number of likely N-dealkylation sites (tertiary alicyclic amines) is 1. The highest BCUT2D eigenvalue weighted by molar-refractivity contribution is 5.77. The topological polar surface area (TPSA) is 41.6 Å². The van der Waals surface area contributed by atoms with Gasteiger partial charge in [-0.05, 0) is 31.9 Å². The number of aliphatic imine (C=N–C) groups is 1. The molecule has 98 valence electrons. The number of benzene rings is 1. The van der Waals surface area contributed by atoms with E-state index < -0.39 is 0 Å². The van der Waals surface area contributed by atoms with Gasteiger partial charge in [-0.15, -0.1) is 0 Å². The van der Waals surface area contributed by atoms with Gasteiger partial charge in [-0.2, -0.15) is 0 Å². The molecule has 1 aromatic carbocycles. The Labute approximate surface area is 110 Å². The summed E-state index contributed by atoms with van der Waals surface area (Å²) in [6.45, 7) is 4.92. The van der Waals surface area contributed by atoms with Gasteiger partial charge in [0.25, 0.3) is 0 Å². The number of hydrogen-bond acceptors (Lipinski definition) is 2. The largest absolute Gasteiger partial charge is 0.388 e. The van der Waals surface area contributed by atoms with Crippen molar-refractivity contribution in [3.8, 4) is 0 Å². The summed E-state index contributed by atoms with van der Waals surface area (Å²) in [4.78, 5) is 6.94. The average molecular weight is 245 g/mol. The molecule has 3 nitrogen and oxygen atoms in total. The molecule has 0 saturated carbocycles. The first-order chi connectivity index (χ1) is 8.75. The zero-order valence-corrected chi connectivity index (χ0v) is 11.2. The first kappa shape index (κ1) is 13.1. The molecule has 2 N–H and O–H groups in total. The SMILES string of the molecule is CC(N)=NCC1CCCCN1Cc1ccccc1. The van der Waals surface area contributed by atoms with Crippen LogP contribution in [-0.4, -0.2) is 29.9 Å². The van der Waals surface area contributed by atoms with E-state index in [1.54, 1.807) is 0 Å². The fourth-order valence-electron chi connectivity index (χ4n) is 2.54. The minimum Gasteiger partial charge on any atom is -0.388 e. The van der Waals surface area contributed by atoms with E-state index in [9.17, 15) is 0 Å². The molecule has 2 rings (SSSR count). The Kier molecular flexibility index (Phi) is 4.76. The van der Waals surface area contributed by atoms with Crippen molar-refractivity contribution in [1.82, 2.24) is 4.90 Å². The fourth-order valence-corrected chi connectivity index (χ4v) is 2.54. The molecule has 1 unspecified atom stereocenters. The van der Waals surface area contributed by atoms with Crippen LogP contribution < -0.4 is 5.73 Å². The van der Waals surface area contributed by atoms with Crippen molar-refractivity contribution >= 4 is 5.84 Å². The summed E-state index contributed by atoms with van der Waals surface area (Å²) in [6, 6.07) is 11.2. The van der Waals surface area contributed by atoms with Gasteiger partial charge in [0.1, 0.15) is 0 Å². The summed E-state index contributed by atoms with van der Waals surface area (Å²) >= 11 is 0. The Hall–Kier alpha value is -1.35. The summed E-state index contributed by atoms with van der Waals surface area (Å²) in [5, 5.41) is 0. The molecule has 0 amide bonds. The van der Waals surface area contributed by atoms with Gasteiger partial charge < -0.3 is 5.73 Å². The van der Waals surface area contributed by atoms with E-state index in [2.05, 4.69) is 40.2 Å². The maximum Gasteiger partial charge on any atom is 0.0906 e. The lowest BCUT2D eigenvalue weighted by atomic mass is 10.0. The minimum absolute atomic E-state index is 0.553. The summed E-state index contributed by atoms with van der Waals surface area (Å²) < 4.78 is 0. The summed E-state index contributed by atoms with van der Waals surface area (Å²) in [6.07, 6.45) is 3.85. The minimum atomic E-state index is 0.553. The Balaban J connectivity index is 1.97. The molecule has 1 atom stereocenters. The van der Waals surface area contributed by atoms with Gasteiger partial charge in [-0.1, -0.05) is 36.8 Å². The van der Waals surface area contributed by atoms with Crippen molar-refractivity contribution in [1.29, 1.82) is 0 Å². The lowest BCUT2D eigenvalue weighted by Gasteiger charge is -2.35. The van der Waals surface area contributed by atoms with Gasteiger partial charge in [0.15, 0.2) is 0 Å². The molecule has 1 aliphatic heterocycles. The third-order valence-corrected chi connectivity index (χ3v) is 3.53. The second kappa shape index (κ2) is 6.55. The van der Waals surface area contributed by atoms with Gasteiger partial charge in [0.05, 0.1) is 12.4 Å². The standard InChI is InChI=1S/C15H23N3/c1-13(16)17-11-15-9-5-6-10-18(15)12-14-7-3-2-4-8-14/h2-4,7-8,15H,5-6,9-12H2,1H3,(H2,16,17). The maximum atomic E-state index is 5.64. The molecule has 18 heavy (non-hydrogen) atoms. The predicted octanol–water partition coefficient (Wildman–Crippen LogP) is 2.42. The Bertz CT molecular complexity index is 382. The van der Waals surface area contributed by atoms with Crippen molar-refractivity contribution in [2.75, 3.05) is 13.1 Å². The molecular formula is C15H23N3. The number of nitrogens with zero attached hydrogens (tertiary/aromatic N) is 2. The highest BCUT2D eigenvalue weighted by Gasteiger charge is 2.21. The average Bonchev–Trinajstić information content (AvgIpc) is 2.39. The molecule has 3 heteroatoms. The lowest BCUT2D eigenvalue weighted by Crippen LogP contribution is -2.41. The Morgan fingerprint density at radius 3 is 2.83 bits per heavy atom. The van der Waals surface area contributed by atoms with Crippen LogP contribution >= 0.6 is 0 Å². The highest BCUT2D eigenvalue weighted by atomic mass is 15.2. The van der Waals surface area contributed by atoms with Crippen molar-refractivity contribution in [2.24, 2.45) is 10.7 Å². The lowest BCUT2D eigenvalue weighted by molar-refractivity contribution is 0.145. The molecule has 0 aliphatic carbocycles. The summed E-state index contributed by atoms with van der Waals surface area (Å²) in [7, 11) is 0. The van der Waals surface area contributed by atoms with Crippen LogP contribution in [0.3, 0.4) is 0 Å². The van der Waals surface area contributed by atoms with E-state index in [1.807, 2.05) is 6.92 Å². The summed E-state index contributed by atoms with van der Waals surface area (Å²) in [5.74, 6) is 0.695. The molecular weight excluding hydrogens is 222 g/mol. The number of nitrogens with two attached hydrogens (primary N) is 1. The quantitative estimate of drug-likeness (QED) is 0.654. The molecule has 1 aromatic rings. The fraction of sp³-hybridized carbons (Fsp3) is 0.533. The van der Waals surface area contributed by atoms with Crippen LogP contribution in [0, 0.1) is 0 Å². The zero-order valence-electron chi connectivity index (χ0n) is 11.2. The summed E-state index contributed by atoms with van der Waals surface area (Å²) in [5.41, 5.74) is 7.03. The van der Waals surface area contributed by atoms with E-state index >= 15 is 0 Å². The molecule has 1 heterocycles. The second-order valence-corrected chi connectivity index (χ2v) is 5.09. The third-order valence-electron chi connectivity index (χ3n) is 3.53. The van der Waals surface area contributed by atoms with Gasteiger partial charge >= 0.3 is 0 Å². The maximum absolute atomic E-state index is 5.64. The third kappa shape index (κ3) is 3.84. The smallest absolute Gasteiger partial charge is 0.0906 e. The molecule has 0 aromatic heterocycles. The molecule has 0 radical (unpaired) electrons. The predicted molar refractivity (Wildman–Crippen MR) is 76.7 cm³/mol. The van der Waals surface area contributed by atoms with Gasteiger partial charge in [0.2, 0.25) is 0 Å². The van der Waals surface area contributed by atoms with E-state index in [-0.39, 0.29) is 0 Å². The van der Waals surface area contributed by atoms with Crippen LogP contribution in [0.25, 0.3) is 0 Å². The van der Waals surface area contributed by atoms with Crippen LogP contribution in [0.5, 0.6) is 0 Å². The van der Waals surface area contributed by atoms with Crippen molar-refractivity contribution in [3.05, 3.63) is 35.9 Å². The normalized spacial score (nSPS) is 22.1. The van der Waals surface area contributed by atoms with Crippen molar-refractivity contribution in [3.63, 3.8) is 0 Å². The molecule has 1 fully saturated rings. The first-order valence-electron chi connectivity index (χ1n) is 6.80. The van der Waals surface area contributed by atoms with E-state index in [1.165, 1.54) is 31.4 Å².